The van der Waals surface area contributed by atoms with E-state index in [0.717, 1.165) is 13.1 Å². The maximum atomic E-state index is 5.68. The summed E-state index contributed by atoms with van der Waals surface area (Å²) in [6.45, 7) is 7.30. The number of nitrogen functional groups attached to an aromatic ring is 1. The molecule has 8 heteroatoms. The molecule has 2 heterocycles. The molecule has 2 N–H and O–H groups in total. The topological polar surface area (TPSA) is 107 Å². The monoisotopic (exact) mass is 249 g/mol. The van der Waals surface area contributed by atoms with E-state index in [1.807, 2.05) is 18.7 Å². The minimum absolute atomic E-state index is 0.143. The number of anilines is 2. The van der Waals surface area contributed by atoms with Crippen LogP contribution in [0, 0.1) is 6.92 Å². The highest BCUT2D eigenvalue weighted by Gasteiger charge is 2.14. The molecule has 18 heavy (non-hydrogen) atoms. The fourth-order valence-corrected chi connectivity index (χ4v) is 1.52. The van der Waals surface area contributed by atoms with Crippen molar-refractivity contribution in [3.63, 3.8) is 0 Å². The minimum atomic E-state index is 0.143. The van der Waals surface area contributed by atoms with Gasteiger partial charge in [0.25, 0.3) is 0 Å². The van der Waals surface area contributed by atoms with Gasteiger partial charge in [-0.15, -0.1) is 0 Å². The van der Waals surface area contributed by atoms with Crippen molar-refractivity contribution in [2.75, 3.05) is 23.7 Å². The van der Waals surface area contributed by atoms with Gasteiger partial charge in [0.2, 0.25) is 29.4 Å². The van der Waals surface area contributed by atoms with E-state index in [2.05, 4.69) is 25.1 Å². The van der Waals surface area contributed by atoms with Crippen LogP contribution >= 0.6 is 0 Å². The van der Waals surface area contributed by atoms with Crippen molar-refractivity contribution in [1.82, 2.24) is 25.1 Å². The second-order valence-electron chi connectivity index (χ2n) is 3.63. The Morgan fingerprint density at radius 3 is 2.33 bits per heavy atom. The molecular weight excluding hydrogens is 234 g/mol. The third-order valence-electron chi connectivity index (χ3n) is 2.41. The molecule has 0 aromatic carbocycles. The number of aromatic nitrogens is 5. The Balaban J connectivity index is 2.43. The van der Waals surface area contributed by atoms with Gasteiger partial charge in [-0.1, -0.05) is 5.16 Å². The molecule has 0 amide bonds. The molecule has 2 aromatic rings. The fraction of sp³-hybridized carbons (Fsp3) is 0.500. The van der Waals surface area contributed by atoms with Crippen molar-refractivity contribution < 1.29 is 4.52 Å². The first kappa shape index (κ1) is 12.2. The van der Waals surface area contributed by atoms with Crippen LogP contribution in [0.25, 0.3) is 11.6 Å². The number of aryl methyl sites for hydroxylation is 1. The number of hydrogen-bond donors (Lipinski definition) is 1. The summed E-state index contributed by atoms with van der Waals surface area (Å²) < 4.78 is 4.90. The molecule has 0 radical (unpaired) electrons. The summed E-state index contributed by atoms with van der Waals surface area (Å²) in [5, 5.41) is 3.77. The Morgan fingerprint density at radius 2 is 1.78 bits per heavy atom. The predicted molar refractivity (Wildman–Crippen MR) is 65.8 cm³/mol. The summed E-state index contributed by atoms with van der Waals surface area (Å²) in [6.07, 6.45) is 0. The molecule has 2 aromatic heterocycles. The Kier molecular flexibility index (Phi) is 3.35. The van der Waals surface area contributed by atoms with Crippen LogP contribution in [0.3, 0.4) is 0 Å². The van der Waals surface area contributed by atoms with Crippen molar-refractivity contribution in [2.45, 2.75) is 20.8 Å². The van der Waals surface area contributed by atoms with Crippen molar-refractivity contribution in [1.29, 1.82) is 0 Å². The third kappa shape index (κ3) is 2.36. The van der Waals surface area contributed by atoms with Gasteiger partial charge in [0.15, 0.2) is 0 Å². The molecule has 0 bridgehead atoms. The second kappa shape index (κ2) is 4.94. The van der Waals surface area contributed by atoms with Gasteiger partial charge in [-0.2, -0.15) is 19.9 Å². The highest BCUT2D eigenvalue weighted by molar-refractivity contribution is 5.48. The van der Waals surface area contributed by atoms with Gasteiger partial charge in [-0.3, -0.25) is 0 Å². The molecule has 0 aliphatic carbocycles. The van der Waals surface area contributed by atoms with Crippen molar-refractivity contribution >= 4 is 11.9 Å². The second-order valence-corrected chi connectivity index (χ2v) is 3.63. The first-order valence-corrected chi connectivity index (χ1v) is 5.71. The Morgan fingerprint density at radius 1 is 1.06 bits per heavy atom. The molecule has 2 rings (SSSR count). The summed E-state index contributed by atoms with van der Waals surface area (Å²) in [5.74, 6) is 1.75. The summed E-state index contributed by atoms with van der Waals surface area (Å²) >= 11 is 0. The molecule has 0 unspecified atom stereocenters. The Bertz CT molecular complexity index is 535. The largest absolute Gasteiger partial charge is 0.368 e. The molecule has 96 valence electrons. The lowest BCUT2D eigenvalue weighted by Gasteiger charge is -2.18. The van der Waals surface area contributed by atoms with Crippen LogP contribution < -0.4 is 10.6 Å². The maximum absolute atomic E-state index is 5.68. The molecular formula is C10H15N7O. The molecule has 0 saturated heterocycles. The first-order chi connectivity index (χ1) is 8.63. The molecule has 0 saturated carbocycles. The Hall–Kier alpha value is -2.25. The lowest BCUT2D eigenvalue weighted by atomic mass is 10.5. The predicted octanol–water partition coefficient (Wildman–Crippen LogP) is 0.658. The van der Waals surface area contributed by atoms with Gasteiger partial charge in [0, 0.05) is 20.0 Å². The van der Waals surface area contributed by atoms with E-state index in [9.17, 15) is 0 Å². The zero-order chi connectivity index (χ0) is 13.1. The zero-order valence-corrected chi connectivity index (χ0v) is 10.6. The smallest absolute Gasteiger partial charge is 0.240 e. The van der Waals surface area contributed by atoms with Crippen LogP contribution in [0.1, 0.15) is 19.7 Å². The summed E-state index contributed by atoms with van der Waals surface area (Å²) in [6, 6.07) is 0. The van der Waals surface area contributed by atoms with E-state index in [-0.39, 0.29) is 5.95 Å². The summed E-state index contributed by atoms with van der Waals surface area (Å²) in [4.78, 5) is 18.4. The van der Waals surface area contributed by atoms with Crippen LogP contribution in [0.2, 0.25) is 0 Å². The van der Waals surface area contributed by atoms with E-state index < -0.39 is 0 Å². The van der Waals surface area contributed by atoms with E-state index in [4.69, 9.17) is 10.3 Å². The van der Waals surface area contributed by atoms with Gasteiger partial charge >= 0.3 is 0 Å². The van der Waals surface area contributed by atoms with Crippen LogP contribution in [0.5, 0.6) is 0 Å². The minimum Gasteiger partial charge on any atom is -0.368 e. The average Bonchev–Trinajstić information content (AvgIpc) is 2.77. The van der Waals surface area contributed by atoms with Crippen molar-refractivity contribution in [3.05, 3.63) is 5.89 Å². The van der Waals surface area contributed by atoms with E-state index in [1.54, 1.807) is 6.92 Å². The third-order valence-corrected chi connectivity index (χ3v) is 2.41. The van der Waals surface area contributed by atoms with Gasteiger partial charge < -0.3 is 15.2 Å². The number of hydrogen-bond acceptors (Lipinski definition) is 8. The first-order valence-electron chi connectivity index (χ1n) is 5.71. The highest BCUT2D eigenvalue weighted by atomic mass is 16.5. The molecule has 8 nitrogen and oxygen atoms in total. The molecule has 0 aliphatic heterocycles. The molecule has 0 fully saturated rings. The van der Waals surface area contributed by atoms with Gasteiger partial charge in [0.05, 0.1) is 0 Å². The molecule has 0 spiro atoms. The summed E-state index contributed by atoms with van der Waals surface area (Å²) in [5.41, 5.74) is 5.68. The van der Waals surface area contributed by atoms with Crippen molar-refractivity contribution in [3.8, 4) is 11.6 Å². The number of rotatable bonds is 4. The molecule has 0 aliphatic rings. The van der Waals surface area contributed by atoms with E-state index in [0.29, 0.717) is 23.5 Å². The highest BCUT2D eigenvalue weighted by Crippen LogP contribution is 2.15. The number of nitrogens with zero attached hydrogens (tertiary/aromatic N) is 6. The molecule has 0 atom stereocenters. The van der Waals surface area contributed by atoms with Crippen molar-refractivity contribution in [2.24, 2.45) is 0 Å². The van der Waals surface area contributed by atoms with Crippen LogP contribution in [0.15, 0.2) is 4.52 Å². The average molecular weight is 249 g/mol. The van der Waals surface area contributed by atoms with Gasteiger partial charge in [0.1, 0.15) is 0 Å². The van der Waals surface area contributed by atoms with E-state index >= 15 is 0 Å². The standard InChI is InChI=1S/C10H15N7O/c1-4-17(5-2)10-14-7(13-9(11)15-10)8-12-6(3)18-16-8/h4-5H2,1-3H3,(H2,11,13,14,15). The van der Waals surface area contributed by atoms with Gasteiger partial charge in [-0.05, 0) is 13.8 Å². The van der Waals surface area contributed by atoms with Crippen LogP contribution in [0.4, 0.5) is 11.9 Å². The van der Waals surface area contributed by atoms with Gasteiger partial charge in [-0.25, -0.2) is 0 Å². The summed E-state index contributed by atoms with van der Waals surface area (Å²) in [7, 11) is 0. The SMILES string of the molecule is CCN(CC)c1nc(N)nc(-c2noc(C)n2)n1. The lowest BCUT2D eigenvalue weighted by Crippen LogP contribution is -2.25. The van der Waals surface area contributed by atoms with Crippen LogP contribution in [-0.4, -0.2) is 38.2 Å². The lowest BCUT2D eigenvalue weighted by molar-refractivity contribution is 0.394. The van der Waals surface area contributed by atoms with Crippen LogP contribution in [-0.2, 0) is 0 Å². The fourth-order valence-electron chi connectivity index (χ4n) is 1.52. The van der Waals surface area contributed by atoms with E-state index in [1.165, 1.54) is 0 Å². The number of nitrogens with two attached hydrogens (primary N) is 1. The Labute approximate surface area is 104 Å². The maximum Gasteiger partial charge on any atom is 0.240 e. The zero-order valence-electron chi connectivity index (χ0n) is 10.6. The normalized spacial score (nSPS) is 10.6. The quantitative estimate of drug-likeness (QED) is 0.841.